The molecule has 0 radical (unpaired) electrons. The molecule has 0 saturated heterocycles. The molecule has 1 N–H and O–H groups in total. The molecule has 2 heterocycles. The Morgan fingerprint density at radius 3 is 2.31 bits per heavy atom. The van der Waals surface area contributed by atoms with Crippen LogP contribution >= 0.6 is 0 Å². The fraction of sp³-hybridized carbons (Fsp3) is 0.120. The smallest absolute Gasteiger partial charge is 0.266 e. The van der Waals surface area contributed by atoms with Gasteiger partial charge in [0.05, 0.1) is 27.8 Å². The van der Waals surface area contributed by atoms with E-state index >= 15 is 0 Å². The van der Waals surface area contributed by atoms with Crippen LogP contribution < -0.4 is 10.2 Å². The number of carbonyl (C=O) groups excluding carboxylic acids is 3. The molecule has 4 aromatic rings. The average Bonchev–Trinajstić information content (AvgIpc) is 3.28. The molecule has 0 bridgehead atoms. The van der Waals surface area contributed by atoms with Crippen LogP contribution in [0.15, 0.2) is 72.8 Å². The highest BCUT2D eigenvalue weighted by Crippen LogP contribution is 2.29. The van der Waals surface area contributed by atoms with Gasteiger partial charge >= 0.3 is 0 Å². The number of para-hydroxylation sites is 2. The van der Waals surface area contributed by atoms with E-state index in [4.69, 9.17) is 0 Å². The lowest BCUT2D eigenvalue weighted by Crippen LogP contribution is -2.29. The quantitative estimate of drug-likeness (QED) is 0.490. The van der Waals surface area contributed by atoms with Crippen molar-refractivity contribution in [1.29, 1.82) is 0 Å². The number of anilines is 2. The fourth-order valence-electron chi connectivity index (χ4n) is 4.06. The van der Waals surface area contributed by atoms with Gasteiger partial charge in [0.2, 0.25) is 5.91 Å². The first-order valence-corrected chi connectivity index (χ1v) is 10.4. The van der Waals surface area contributed by atoms with Crippen molar-refractivity contribution in [2.75, 3.05) is 10.2 Å². The van der Waals surface area contributed by atoms with E-state index in [0.717, 1.165) is 21.8 Å². The first-order valence-electron chi connectivity index (χ1n) is 10.4. The maximum atomic E-state index is 12.8. The largest absolute Gasteiger partial charge is 0.324 e. The van der Waals surface area contributed by atoms with Gasteiger partial charge in [0, 0.05) is 12.1 Å². The van der Waals surface area contributed by atoms with Crippen LogP contribution in [-0.4, -0.2) is 27.3 Å². The zero-order valence-corrected chi connectivity index (χ0v) is 17.4. The first kappa shape index (κ1) is 19.7. The molecule has 5 rings (SSSR count). The number of fused-ring (bicyclic) bond motifs is 2. The number of benzene rings is 3. The Morgan fingerprint density at radius 1 is 0.906 bits per heavy atom. The third kappa shape index (κ3) is 3.24. The van der Waals surface area contributed by atoms with E-state index in [1.807, 2.05) is 35.8 Å². The molecule has 0 unspecified atom stereocenters. The third-order valence-electron chi connectivity index (χ3n) is 5.53. The molecule has 0 aliphatic carbocycles. The van der Waals surface area contributed by atoms with Crippen LogP contribution in [0.25, 0.3) is 11.0 Å². The Hall–Kier alpha value is -4.26. The molecule has 0 saturated carbocycles. The Balaban J connectivity index is 1.38. The van der Waals surface area contributed by atoms with Crippen molar-refractivity contribution < 1.29 is 14.4 Å². The van der Waals surface area contributed by atoms with Gasteiger partial charge in [0.1, 0.15) is 12.4 Å². The fourth-order valence-corrected chi connectivity index (χ4v) is 4.06. The van der Waals surface area contributed by atoms with Gasteiger partial charge in [0.15, 0.2) is 0 Å². The number of imidazole rings is 1. The van der Waals surface area contributed by atoms with Crippen LogP contribution in [0.2, 0.25) is 0 Å². The van der Waals surface area contributed by atoms with E-state index in [0.29, 0.717) is 28.9 Å². The van der Waals surface area contributed by atoms with Crippen molar-refractivity contribution in [1.82, 2.24) is 9.55 Å². The molecule has 1 aliphatic rings. The first-order chi connectivity index (χ1) is 15.6. The van der Waals surface area contributed by atoms with Gasteiger partial charge in [-0.1, -0.05) is 37.3 Å². The molecule has 3 amide bonds. The van der Waals surface area contributed by atoms with Gasteiger partial charge in [-0.3, -0.25) is 14.4 Å². The monoisotopic (exact) mass is 424 g/mol. The maximum Gasteiger partial charge on any atom is 0.266 e. The van der Waals surface area contributed by atoms with E-state index < -0.39 is 0 Å². The minimum atomic E-state index is -0.369. The number of amides is 3. The summed E-state index contributed by atoms with van der Waals surface area (Å²) in [5, 5.41) is 2.87. The average molecular weight is 424 g/mol. The Bertz CT molecular complexity index is 1350. The molecule has 0 fully saturated rings. The minimum absolute atomic E-state index is 0.112. The molecule has 3 aromatic carbocycles. The summed E-state index contributed by atoms with van der Waals surface area (Å²) < 4.78 is 1.90. The molecule has 158 valence electrons. The summed E-state index contributed by atoms with van der Waals surface area (Å²) in [6.07, 6.45) is 0.706. The second kappa shape index (κ2) is 7.77. The van der Waals surface area contributed by atoms with Crippen molar-refractivity contribution in [2.45, 2.75) is 19.9 Å². The Kier molecular flexibility index (Phi) is 4.78. The lowest BCUT2D eigenvalue weighted by atomic mass is 10.1. The maximum absolute atomic E-state index is 12.8. The van der Waals surface area contributed by atoms with Crippen LogP contribution in [0.1, 0.15) is 33.5 Å². The van der Waals surface area contributed by atoms with Crippen molar-refractivity contribution in [3.05, 3.63) is 89.7 Å². The van der Waals surface area contributed by atoms with Gasteiger partial charge in [-0.25, -0.2) is 9.88 Å². The van der Waals surface area contributed by atoms with Gasteiger partial charge in [-0.15, -0.1) is 0 Å². The number of nitrogens with one attached hydrogen (secondary N) is 1. The van der Waals surface area contributed by atoms with Crippen molar-refractivity contribution in [2.24, 2.45) is 0 Å². The van der Waals surface area contributed by atoms with Crippen LogP contribution in [0, 0.1) is 0 Å². The molecule has 32 heavy (non-hydrogen) atoms. The summed E-state index contributed by atoms with van der Waals surface area (Å²) in [7, 11) is 0. The predicted octanol–water partition coefficient (Wildman–Crippen LogP) is 4.04. The van der Waals surface area contributed by atoms with Gasteiger partial charge < -0.3 is 9.88 Å². The Morgan fingerprint density at radius 2 is 1.59 bits per heavy atom. The van der Waals surface area contributed by atoms with Crippen molar-refractivity contribution >= 4 is 40.1 Å². The number of hydrogen-bond donors (Lipinski definition) is 1. The molecule has 1 aliphatic heterocycles. The number of rotatable bonds is 5. The zero-order chi connectivity index (χ0) is 22.2. The summed E-state index contributed by atoms with van der Waals surface area (Å²) in [6, 6.07) is 21.2. The van der Waals surface area contributed by atoms with Gasteiger partial charge in [-0.2, -0.15) is 0 Å². The number of hydrogen-bond acceptors (Lipinski definition) is 4. The second-order valence-corrected chi connectivity index (χ2v) is 7.55. The highest BCUT2D eigenvalue weighted by molar-refractivity contribution is 6.34. The number of carbonyl (C=O) groups is 3. The summed E-state index contributed by atoms with van der Waals surface area (Å²) in [4.78, 5) is 44.1. The van der Waals surface area contributed by atoms with Crippen LogP contribution in [0.4, 0.5) is 11.4 Å². The third-order valence-corrected chi connectivity index (χ3v) is 5.53. The molecule has 1 aromatic heterocycles. The number of aryl methyl sites for hydroxylation is 1. The molecule has 7 nitrogen and oxygen atoms in total. The van der Waals surface area contributed by atoms with Crippen LogP contribution in [-0.2, 0) is 17.8 Å². The molecule has 7 heteroatoms. The minimum Gasteiger partial charge on any atom is -0.324 e. The number of aromatic nitrogens is 2. The Labute approximate surface area is 184 Å². The standard InChI is InChI=1S/C25H20N4O3/c1-2-22-27-20-12-5-6-13-21(20)28(22)15-23(30)26-16-8-7-9-17(14-16)29-24(31)18-10-3-4-11-19(18)25(29)32/h3-14H,2,15H2,1H3,(H,26,30). The zero-order valence-electron chi connectivity index (χ0n) is 17.4. The number of imide groups is 1. The molecule has 0 atom stereocenters. The van der Waals surface area contributed by atoms with E-state index in [2.05, 4.69) is 10.3 Å². The number of nitrogens with zero attached hydrogens (tertiary/aromatic N) is 3. The van der Waals surface area contributed by atoms with Crippen LogP contribution in [0.5, 0.6) is 0 Å². The molecular weight excluding hydrogens is 404 g/mol. The van der Waals surface area contributed by atoms with Crippen molar-refractivity contribution in [3.8, 4) is 0 Å². The topological polar surface area (TPSA) is 84.3 Å². The summed E-state index contributed by atoms with van der Waals surface area (Å²) in [5.41, 5.74) is 3.43. The van der Waals surface area contributed by atoms with Crippen LogP contribution in [0.3, 0.4) is 0 Å². The molecular formula is C25H20N4O3. The summed E-state index contributed by atoms with van der Waals surface area (Å²) >= 11 is 0. The van der Waals surface area contributed by atoms with E-state index in [1.165, 1.54) is 0 Å². The second-order valence-electron chi connectivity index (χ2n) is 7.55. The summed E-state index contributed by atoms with van der Waals surface area (Å²) in [6.45, 7) is 2.11. The highest BCUT2D eigenvalue weighted by Gasteiger charge is 2.36. The lowest BCUT2D eigenvalue weighted by Gasteiger charge is -2.15. The normalized spacial score (nSPS) is 13.0. The van der Waals surface area contributed by atoms with Crippen molar-refractivity contribution in [3.63, 3.8) is 0 Å². The highest BCUT2D eigenvalue weighted by atomic mass is 16.2. The molecule has 0 spiro atoms. The summed E-state index contributed by atoms with van der Waals surface area (Å²) in [5.74, 6) is -0.124. The van der Waals surface area contributed by atoms with Gasteiger partial charge in [0.25, 0.3) is 11.8 Å². The lowest BCUT2D eigenvalue weighted by molar-refractivity contribution is -0.116. The van der Waals surface area contributed by atoms with E-state index in [-0.39, 0.29) is 24.3 Å². The SMILES string of the molecule is CCc1nc2ccccc2n1CC(=O)Nc1cccc(N2C(=O)c3ccccc3C2=O)c1. The van der Waals surface area contributed by atoms with E-state index in [9.17, 15) is 14.4 Å². The van der Waals surface area contributed by atoms with E-state index in [1.54, 1.807) is 48.5 Å². The van der Waals surface area contributed by atoms with Gasteiger partial charge in [-0.05, 0) is 42.5 Å². The predicted molar refractivity (Wildman–Crippen MR) is 122 cm³/mol.